The van der Waals surface area contributed by atoms with Gasteiger partial charge in [0, 0.05) is 5.56 Å². The van der Waals surface area contributed by atoms with E-state index in [-0.39, 0.29) is 5.78 Å². The van der Waals surface area contributed by atoms with Crippen molar-refractivity contribution in [1.29, 1.82) is 0 Å². The van der Waals surface area contributed by atoms with E-state index in [1.54, 1.807) is 43.5 Å². The van der Waals surface area contributed by atoms with Crippen LogP contribution in [0.5, 0.6) is 5.75 Å². The zero-order valence-electron chi connectivity index (χ0n) is 11.3. The van der Waals surface area contributed by atoms with Gasteiger partial charge in [-0.15, -0.1) is 0 Å². The van der Waals surface area contributed by atoms with Crippen molar-refractivity contribution in [3.05, 3.63) is 84.0 Å². The minimum atomic E-state index is -0.0228. The summed E-state index contributed by atoms with van der Waals surface area (Å²) in [6.45, 7) is 0. The van der Waals surface area contributed by atoms with E-state index in [2.05, 4.69) is 0 Å². The van der Waals surface area contributed by atoms with Crippen molar-refractivity contribution in [2.45, 2.75) is 0 Å². The molecule has 0 bridgehead atoms. The molecule has 0 fully saturated rings. The molecule has 0 unspecified atom stereocenters. The minimum Gasteiger partial charge on any atom is -0.497 e. The molecule has 0 aliphatic heterocycles. The summed E-state index contributed by atoms with van der Waals surface area (Å²) >= 11 is 0. The van der Waals surface area contributed by atoms with E-state index in [1.807, 2.05) is 42.5 Å². The number of methoxy groups -OCH3 is 1. The zero-order valence-corrected chi connectivity index (χ0v) is 11.3. The van der Waals surface area contributed by atoms with E-state index in [0.717, 1.165) is 11.3 Å². The summed E-state index contributed by atoms with van der Waals surface area (Å²) < 4.78 is 5.06. The molecule has 0 aliphatic rings. The van der Waals surface area contributed by atoms with Crippen LogP contribution in [0.1, 0.15) is 15.9 Å². The molecule has 2 nitrogen and oxygen atoms in total. The molecule has 0 spiro atoms. The number of hydrogen-bond acceptors (Lipinski definition) is 2. The van der Waals surface area contributed by atoms with E-state index < -0.39 is 0 Å². The smallest absolute Gasteiger partial charge is 0.185 e. The van der Waals surface area contributed by atoms with E-state index in [0.29, 0.717) is 5.56 Å². The number of allylic oxidation sites excluding steroid dienone is 3. The predicted molar refractivity (Wildman–Crippen MR) is 81.9 cm³/mol. The minimum absolute atomic E-state index is 0.0228. The van der Waals surface area contributed by atoms with Gasteiger partial charge >= 0.3 is 0 Å². The lowest BCUT2D eigenvalue weighted by Gasteiger charge is -1.99. The first kappa shape index (κ1) is 13.8. The Kier molecular flexibility index (Phi) is 4.90. The van der Waals surface area contributed by atoms with Gasteiger partial charge in [-0.2, -0.15) is 0 Å². The normalized spacial score (nSPS) is 11.1. The van der Waals surface area contributed by atoms with Gasteiger partial charge in [0.2, 0.25) is 0 Å². The van der Waals surface area contributed by atoms with E-state index in [9.17, 15) is 4.79 Å². The molecular weight excluding hydrogens is 248 g/mol. The molecule has 20 heavy (non-hydrogen) atoms. The Morgan fingerprint density at radius 3 is 2.30 bits per heavy atom. The van der Waals surface area contributed by atoms with Crippen LogP contribution in [-0.4, -0.2) is 12.9 Å². The van der Waals surface area contributed by atoms with Crippen molar-refractivity contribution in [1.82, 2.24) is 0 Å². The van der Waals surface area contributed by atoms with Crippen LogP contribution in [0.4, 0.5) is 0 Å². The van der Waals surface area contributed by atoms with Crippen LogP contribution < -0.4 is 4.74 Å². The largest absolute Gasteiger partial charge is 0.497 e. The quantitative estimate of drug-likeness (QED) is 0.461. The Morgan fingerprint density at radius 2 is 1.65 bits per heavy atom. The maximum Gasteiger partial charge on any atom is 0.185 e. The lowest BCUT2D eigenvalue weighted by atomic mass is 10.1. The lowest BCUT2D eigenvalue weighted by molar-refractivity contribution is 0.104. The summed E-state index contributed by atoms with van der Waals surface area (Å²) in [6, 6.07) is 17.0. The van der Waals surface area contributed by atoms with Gasteiger partial charge in [-0.25, -0.2) is 0 Å². The van der Waals surface area contributed by atoms with Gasteiger partial charge in [-0.3, -0.25) is 4.79 Å². The second-order valence-electron chi connectivity index (χ2n) is 4.22. The van der Waals surface area contributed by atoms with Crippen molar-refractivity contribution >= 4 is 11.9 Å². The molecule has 0 atom stereocenters. The lowest BCUT2D eigenvalue weighted by Crippen LogP contribution is -1.93. The maximum absolute atomic E-state index is 11.9. The summed E-state index contributed by atoms with van der Waals surface area (Å²) in [4.78, 5) is 11.9. The molecule has 2 aromatic carbocycles. The number of ether oxygens (including phenoxy) is 1. The van der Waals surface area contributed by atoms with E-state index in [4.69, 9.17) is 4.74 Å². The highest BCUT2D eigenvalue weighted by atomic mass is 16.5. The highest BCUT2D eigenvalue weighted by Crippen LogP contribution is 2.12. The molecule has 0 saturated carbocycles. The Bertz CT molecular complexity index is 608. The number of rotatable bonds is 5. The average Bonchev–Trinajstić information content (AvgIpc) is 2.52. The molecule has 100 valence electrons. The fourth-order valence-corrected chi connectivity index (χ4v) is 1.73. The third kappa shape index (κ3) is 3.95. The highest BCUT2D eigenvalue weighted by Gasteiger charge is 2.00. The van der Waals surface area contributed by atoms with Crippen LogP contribution in [0.15, 0.2) is 72.8 Å². The van der Waals surface area contributed by atoms with Gasteiger partial charge in [0.05, 0.1) is 7.11 Å². The molecule has 0 aromatic heterocycles. The Morgan fingerprint density at radius 1 is 0.950 bits per heavy atom. The Hall–Kier alpha value is -2.61. The van der Waals surface area contributed by atoms with Crippen molar-refractivity contribution in [2.75, 3.05) is 7.11 Å². The topological polar surface area (TPSA) is 26.3 Å². The Labute approximate surface area is 119 Å². The molecule has 2 heteroatoms. The van der Waals surface area contributed by atoms with Crippen molar-refractivity contribution in [3.8, 4) is 5.75 Å². The second-order valence-corrected chi connectivity index (χ2v) is 4.22. The fourth-order valence-electron chi connectivity index (χ4n) is 1.73. The molecule has 0 heterocycles. The number of benzene rings is 2. The standard InChI is InChI=1S/C18H16O2/c1-20-17-13-11-16(12-14-17)18(19)10-6-5-9-15-7-3-2-4-8-15/h2-14H,1H3. The SMILES string of the molecule is COc1ccc(C(=O)C=CC=Cc2ccccc2)cc1. The van der Waals surface area contributed by atoms with Crippen LogP contribution in [0.3, 0.4) is 0 Å². The maximum atomic E-state index is 11.9. The summed E-state index contributed by atoms with van der Waals surface area (Å²) in [7, 11) is 1.60. The number of carbonyl (C=O) groups is 1. The molecule has 0 aliphatic carbocycles. The molecule has 0 amide bonds. The first-order chi connectivity index (χ1) is 9.79. The molecule has 0 saturated heterocycles. The van der Waals surface area contributed by atoms with Crippen LogP contribution in [0.2, 0.25) is 0 Å². The van der Waals surface area contributed by atoms with Crippen LogP contribution in [-0.2, 0) is 0 Å². The van der Waals surface area contributed by atoms with E-state index >= 15 is 0 Å². The molecule has 2 aromatic rings. The van der Waals surface area contributed by atoms with Gasteiger partial charge in [0.15, 0.2) is 5.78 Å². The van der Waals surface area contributed by atoms with Gasteiger partial charge in [0.1, 0.15) is 5.75 Å². The van der Waals surface area contributed by atoms with Gasteiger partial charge in [-0.05, 0) is 35.9 Å². The molecule has 0 N–H and O–H groups in total. The average molecular weight is 264 g/mol. The monoisotopic (exact) mass is 264 g/mol. The molecule has 0 radical (unpaired) electrons. The van der Waals surface area contributed by atoms with Gasteiger partial charge in [-0.1, -0.05) is 48.6 Å². The summed E-state index contributed by atoms with van der Waals surface area (Å²) in [6.07, 6.45) is 7.12. The second kappa shape index (κ2) is 7.10. The third-order valence-electron chi connectivity index (χ3n) is 2.82. The number of hydrogen-bond donors (Lipinski definition) is 0. The van der Waals surface area contributed by atoms with Gasteiger partial charge < -0.3 is 4.74 Å². The van der Waals surface area contributed by atoms with Crippen molar-refractivity contribution in [3.63, 3.8) is 0 Å². The zero-order chi connectivity index (χ0) is 14.2. The first-order valence-electron chi connectivity index (χ1n) is 6.38. The first-order valence-corrected chi connectivity index (χ1v) is 6.38. The van der Waals surface area contributed by atoms with Crippen molar-refractivity contribution < 1.29 is 9.53 Å². The van der Waals surface area contributed by atoms with Crippen molar-refractivity contribution in [2.24, 2.45) is 0 Å². The van der Waals surface area contributed by atoms with Gasteiger partial charge in [0.25, 0.3) is 0 Å². The van der Waals surface area contributed by atoms with Crippen LogP contribution in [0.25, 0.3) is 6.08 Å². The highest BCUT2D eigenvalue weighted by molar-refractivity contribution is 6.04. The number of carbonyl (C=O) groups excluding carboxylic acids is 1. The van der Waals surface area contributed by atoms with Crippen LogP contribution >= 0.6 is 0 Å². The molecular formula is C18H16O2. The number of ketones is 1. The summed E-state index contributed by atoms with van der Waals surface area (Å²) in [5, 5.41) is 0. The predicted octanol–water partition coefficient (Wildman–Crippen LogP) is 4.15. The summed E-state index contributed by atoms with van der Waals surface area (Å²) in [5.74, 6) is 0.722. The molecule has 2 rings (SSSR count). The van der Waals surface area contributed by atoms with Crippen LogP contribution in [0, 0.1) is 0 Å². The fraction of sp³-hybridized carbons (Fsp3) is 0.0556. The van der Waals surface area contributed by atoms with E-state index in [1.165, 1.54) is 0 Å². The third-order valence-corrected chi connectivity index (χ3v) is 2.82. The summed E-state index contributed by atoms with van der Waals surface area (Å²) in [5.41, 5.74) is 1.75. The Balaban J connectivity index is 1.96.